The summed E-state index contributed by atoms with van der Waals surface area (Å²) in [6.07, 6.45) is 1.72. The second kappa shape index (κ2) is 8.70. The summed E-state index contributed by atoms with van der Waals surface area (Å²) in [6, 6.07) is 6.52. The van der Waals surface area contributed by atoms with Crippen molar-refractivity contribution >= 4 is 11.8 Å². The summed E-state index contributed by atoms with van der Waals surface area (Å²) in [7, 11) is 0. The monoisotopic (exact) mass is 318 g/mol. The Balaban J connectivity index is 2.45. The average molecular weight is 318 g/mol. The van der Waals surface area contributed by atoms with Gasteiger partial charge < -0.3 is 10.2 Å². The number of nitrogens with one attached hydrogen (secondary N) is 1. The van der Waals surface area contributed by atoms with Gasteiger partial charge in [-0.3, -0.25) is 9.59 Å². The molecule has 2 amide bonds. The van der Waals surface area contributed by atoms with E-state index in [4.69, 9.17) is 0 Å². The van der Waals surface area contributed by atoms with Crippen LogP contribution in [0.4, 0.5) is 0 Å². The molecule has 4 heteroatoms. The van der Waals surface area contributed by atoms with Crippen molar-refractivity contribution in [2.75, 3.05) is 6.54 Å². The van der Waals surface area contributed by atoms with Gasteiger partial charge in [-0.2, -0.15) is 0 Å². The highest BCUT2D eigenvalue weighted by Gasteiger charge is 2.25. The Morgan fingerprint density at radius 2 is 1.52 bits per heavy atom. The molecule has 0 spiro atoms. The van der Waals surface area contributed by atoms with E-state index in [1.807, 2.05) is 27.7 Å². The predicted molar refractivity (Wildman–Crippen MR) is 94.4 cm³/mol. The first-order valence-corrected chi connectivity index (χ1v) is 8.40. The molecule has 0 aliphatic carbocycles. The molecule has 1 N–H and O–H groups in total. The van der Waals surface area contributed by atoms with Gasteiger partial charge in [0.05, 0.1) is 0 Å². The fourth-order valence-corrected chi connectivity index (χ4v) is 2.97. The van der Waals surface area contributed by atoms with Gasteiger partial charge in [0.25, 0.3) is 0 Å². The minimum absolute atomic E-state index is 0.0171. The zero-order valence-electron chi connectivity index (χ0n) is 15.3. The Bertz CT molecular complexity index is 522. The van der Waals surface area contributed by atoms with Crippen LogP contribution in [0.5, 0.6) is 0 Å². The fourth-order valence-electron chi connectivity index (χ4n) is 2.97. The number of carbonyl (C=O) groups excluding carboxylic acids is 2. The highest BCUT2D eigenvalue weighted by molar-refractivity contribution is 6.35. The molecule has 0 atom stereocenters. The Labute approximate surface area is 140 Å². The molecule has 23 heavy (non-hydrogen) atoms. The van der Waals surface area contributed by atoms with E-state index in [-0.39, 0.29) is 12.1 Å². The number of aryl methyl sites for hydroxylation is 3. The van der Waals surface area contributed by atoms with Gasteiger partial charge in [0.2, 0.25) is 0 Å². The zero-order chi connectivity index (χ0) is 17.6. The lowest BCUT2D eigenvalue weighted by Crippen LogP contribution is -2.49. The first kappa shape index (κ1) is 19.2. The largest absolute Gasteiger partial charge is 0.348 e. The number of nitrogens with zero attached hydrogens (tertiary/aromatic N) is 1. The molecule has 0 aromatic heterocycles. The molecule has 0 unspecified atom stereocenters. The molecule has 4 nitrogen and oxygen atoms in total. The second-order valence-electron chi connectivity index (χ2n) is 6.76. The molecule has 128 valence electrons. The lowest BCUT2D eigenvalue weighted by Gasteiger charge is -2.29. The van der Waals surface area contributed by atoms with Gasteiger partial charge in [-0.05, 0) is 59.9 Å². The van der Waals surface area contributed by atoms with Gasteiger partial charge in [-0.15, -0.1) is 0 Å². The van der Waals surface area contributed by atoms with Crippen LogP contribution in [0.2, 0.25) is 0 Å². The van der Waals surface area contributed by atoms with Crippen molar-refractivity contribution in [3.05, 3.63) is 34.9 Å². The van der Waals surface area contributed by atoms with Crippen molar-refractivity contribution in [2.45, 2.75) is 66.5 Å². The van der Waals surface area contributed by atoms with Crippen molar-refractivity contribution < 1.29 is 9.59 Å². The summed E-state index contributed by atoms with van der Waals surface area (Å²) in [6.45, 7) is 12.4. The Kier molecular flexibility index (Phi) is 7.27. The highest BCUT2D eigenvalue weighted by Crippen LogP contribution is 2.10. The molecule has 0 saturated carbocycles. The van der Waals surface area contributed by atoms with Crippen LogP contribution in [-0.4, -0.2) is 35.3 Å². The molecule has 0 bridgehead atoms. The van der Waals surface area contributed by atoms with Crippen molar-refractivity contribution in [3.63, 3.8) is 0 Å². The maximum absolute atomic E-state index is 12.2. The third kappa shape index (κ3) is 6.05. The SMILES string of the molecule is Cc1cc(C)cc(CCCNC(=O)C(=O)N(C(C)C)C(C)C)c1. The number of hydrogen-bond acceptors (Lipinski definition) is 2. The van der Waals surface area contributed by atoms with E-state index in [9.17, 15) is 9.59 Å². The maximum Gasteiger partial charge on any atom is 0.312 e. The Hall–Kier alpha value is -1.84. The first-order chi connectivity index (χ1) is 10.7. The summed E-state index contributed by atoms with van der Waals surface area (Å²) < 4.78 is 0. The van der Waals surface area contributed by atoms with Gasteiger partial charge in [-0.1, -0.05) is 29.3 Å². The van der Waals surface area contributed by atoms with Crippen LogP contribution < -0.4 is 5.32 Å². The smallest absolute Gasteiger partial charge is 0.312 e. The first-order valence-electron chi connectivity index (χ1n) is 8.40. The lowest BCUT2D eigenvalue weighted by molar-refractivity contribution is -0.148. The van der Waals surface area contributed by atoms with Gasteiger partial charge in [-0.25, -0.2) is 0 Å². The summed E-state index contributed by atoms with van der Waals surface area (Å²) in [5, 5.41) is 2.74. The standard InChI is InChI=1S/C19H30N2O2/c1-13(2)21(14(3)4)19(23)18(22)20-9-7-8-17-11-15(5)10-16(6)12-17/h10-14H,7-9H2,1-6H3,(H,20,22). The van der Waals surface area contributed by atoms with E-state index in [2.05, 4.69) is 37.4 Å². The minimum atomic E-state index is -0.507. The van der Waals surface area contributed by atoms with E-state index < -0.39 is 11.8 Å². The number of rotatable bonds is 6. The van der Waals surface area contributed by atoms with E-state index in [1.54, 1.807) is 4.90 Å². The molecular formula is C19H30N2O2. The lowest BCUT2D eigenvalue weighted by atomic mass is 10.0. The number of benzene rings is 1. The number of amides is 2. The topological polar surface area (TPSA) is 49.4 Å². The maximum atomic E-state index is 12.2. The van der Waals surface area contributed by atoms with Crippen LogP contribution in [0.25, 0.3) is 0 Å². The molecule has 0 aliphatic rings. The van der Waals surface area contributed by atoms with Crippen LogP contribution in [0, 0.1) is 13.8 Å². The molecule has 0 heterocycles. The van der Waals surface area contributed by atoms with Crippen LogP contribution >= 0.6 is 0 Å². The molecule has 0 fully saturated rings. The second-order valence-corrected chi connectivity index (χ2v) is 6.76. The molecule has 1 rings (SSSR count). The van der Waals surface area contributed by atoms with Gasteiger partial charge in [0, 0.05) is 18.6 Å². The van der Waals surface area contributed by atoms with Gasteiger partial charge in [0.1, 0.15) is 0 Å². The van der Waals surface area contributed by atoms with Crippen molar-refractivity contribution in [3.8, 4) is 0 Å². The van der Waals surface area contributed by atoms with Crippen LogP contribution in [0.15, 0.2) is 18.2 Å². The summed E-state index contributed by atoms with van der Waals surface area (Å²) in [5.74, 6) is -0.950. The summed E-state index contributed by atoms with van der Waals surface area (Å²) in [5.41, 5.74) is 3.78. The third-order valence-corrected chi connectivity index (χ3v) is 3.75. The number of carbonyl (C=O) groups is 2. The van der Waals surface area contributed by atoms with E-state index in [1.165, 1.54) is 16.7 Å². The Morgan fingerprint density at radius 3 is 2.00 bits per heavy atom. The molecule has 0 saturated heterocycles. The van der Waals surface area contributed by atoms with Crippen molar-refractivity contribution in [1.29, 1.82) is 0 Å². The van der Waals surface area contributed by atoms with Crippen LogP contribution in [-0.2, 0) is 16.0 Å². The van der Waals surface area contributed by atoms with Crippen molar-refractivity contribution in [1.82, 2.24) is 10.2 Å². The fraction of sp³-hybridized carbons (Fsp3) is 0.579. The van der Waals surface area contributed by atoms with Gasteiger partial charge >= 0.3 is 11.8 Å². The van der Waals surface area contributed by atoms with E-state index in [0.717, 1.165) is 12.8 Å². The molecule has 1 aromatic rings. The van der Waals surface area contributed by atoms with Crippen molar-refractivity contribution in [2.24, 2.45) is 0 Å². The van der Waals surface area contributed by atoms with E-state index >= 15 is 0 Å². The summed E-state index contributed by atoms with van der Waals surface area (Å²) >= 11 is 0. The molecule has 0 radical (unpaired) electrons. The normalized spacial score (nSPS) is 11.0. The molecule has 1 aromatic carbocycles. The Morgan fingerprint density at radius 1 is 1.00 bits per heavy atom. The number of hydrogen-bond donors (Lipinski definition) is 1. The van der Waals surface area contributed by atoms with Crippen LogP contribution in [0.3, 0.4) is 0 Å². The van der Waals surface area contributed by atoms with E-state index in [0.29, 0.717) is 6.54 Å². The molecular weight excluding hydrogens is 288 g/mol. The highest BCUT2D eigenvalue weighted by atomic mass is 16.2. The summed E-state index contributed by atoms with van der Waals surface area (Å²) in [4.78, 5) is 25.8. The predicted octanol–water partition coefficient (Wildman–Crippen LogP) is 3.00. The quantitative estimate of drug-likeness (QED) is 0.647. The third-order valence-electron chi connectivity index (χ3n) is 3.75. The van der Waals surface area contributed by atoms with Crippen LogP contribution in [0.1, 0.15) is 50.8 Å². The zero-order valence-corrected chi connectivity index (χ0v) is 15.3. The molecule has 0 aliphatic heterocycles. The minimum Gasteiger partial charge on any atom is -0.348 e. The van der Waals surface area contributed by atoms with Gasteiger partial charge in [0.15, 0.2) is 0 Å². The average Bonchev–Trinajstić information content (AvgIpc) is 2.41.